The van der Waals surface area contributed by atoms with Gasteiger partial charge >= 0.3 is 0 Å². The maximum atomic E-state index is 13.0. The van der Waals surface area contributed by atoms with Crippen LogP contribution in [-0.4, -0.2) is 26.5 Å². The number of carbonyl (C=O) groups excluding carboxylic acids is 2. The molecule has 0 aliphatic heterocycles. The van der Waals surface area contributed by atoms with Crippen molar-refractivity contribution in [3.05, 3.63) is 86.8 Å². The van der Waals surface area contributed by atoms with E-state index in [1.807, 2.05) is 30.3 Å². The summed E-state index contributed by atoms with van der Waals surface area (Å²) in [5.74, 6) is -0.595. The molecule has 2 aromatic heterocycles. The molecule has 4 rings (SSSR count). The van der Waals surface area contributed by atoms with E-state index in [1.54, 1.807) is 31.2 Å². The van der Waals surface area contributed by atoms with Crippen molar-refractivity contribution in [1.82, 2.24) is 14.8 Å². The maximum absolute atomic E-state index is 13.0. The number of benzene rings is 2. The number of aromatic nitrogens is 3. The van der Waals surface area contributed by atoms with Crippen molar-refractivity contribution in [3.63, 3.8) is 0 Å². The molecule has 0 unspecified atom stereocenters. The van der Waals surface area contributed by atoms with E-state index in [1.165, 1.54) is 11.6 Å². The van der Waals surface area contributed by atoms with Gasteiger partial charge in [-0.15, -0.1) is 0 Å². The second-order valence-corrected chi connectivity index (χ2v) is 7.79. The molecule has 150 valence electrons. The number of hydrogen-bond acceptors (Lipinski definition) is 6. The number of ketones is 1. The summed E-state index contributed by atoms with van der Waals surface area (Å²) in [6, 6.07) is 16.3. The van der Waals surface area contributed by atoms with E-state index in [-0.39, 0.29) is 23.6 Å². The molecule has 0 bridgehead atoms. The van der Waals surface area contributed by atoms with E-state index in [0.29, 0.717) is 26.5 Å². The third-order valence-electron chi connectivity index (χ3n) is 4.59. The average Bonchev–Trinajstić information content (AvgIpc) is 3.11. The highest BCUT2D eigenvalue weighted by atomic mass is 32.1. The molecule has 7 nitrogen and oxygen atoms in total. The zero-order valence-electron chi connectivity index (χ0n) is 16.4. The Bertz CT molecular complexity index is 1330. The number of aryl methyl sites for hydroxylation is 1. The number of fused-ring (bicyclic) bond motifs is 1. The van der Waals surface area contributed by atoms with Crippen LogP contribution in [0.4, 0.5) is 5.13 Å². The first-order valence-electron chi connectivity index (χ1n) is 9.27. The molecule has 2 aromatic carbocycles. The summed E-state index contributed by atoms with van der Waals surface area (Å²) in [5, 5.41) is 8.26. The molecule has 2 heterocycles. The molecule has 0 saturated heterocycles. The van der Waals surface area contributed by atoms with Crippen molar-refractivity contribution < 1.29 is 9.59 Å². The van der Waals surface area contributed by atoms with Crippen molar-refractivity contribution >= 4 is 38.9 Å². The van der Waals surface area contributed by atoms with Gasteiger partial charge in [0.05, 0.1) is 22.5 Å². The summed E-state index contributed by atoms with van der Waals surface area (Å²) in [5.41, 5.74) is 1.32. The predicted molar refractivity (Wildman–Crippen MR) is 116 cm³/mol. The molecular weight excluding hydrogens is 400 g/mol. The molecule has 0 fully saturated rings. The van der Waals surface area contributed by atoms with Gasteiger partial charge in [-0.1, -0.05) is 59.9 Å². The minimum atomic E-state index is -0.489. The first-order chi connectivity index (χ1) is 14.4. The number of hydrogen-bond donors (Lipinski definition) is 1. The molecule has 30 heavy (non-hydrogen) atoms. The lowest BCUT2D eigenvalue weighted by atomic mass is 10.1. The van der Waals surface area contributed by atoms with Crippen LogP contribution in [-0.2, 0) is 6.54 Å². The molecule has 0 saturated carbocycles. The van der Waals surface area contributed by atoms with Crippen molar-refractivity contribution in [2.24, 2.45) is 0 Å². The van der Waals surface area contributed by atoms with E-state index >= 15 is 0 Å². The number of anilines is 1. The normalized spacial score (nSPS) is 10.9. The van der Waals surface area contributed by atoms with E-state index in [4.69, 9.17) is 0 Å². The van der Waals surface area contributed by atoms with Crippen LogP contribution < -0.4 is 10.9 Å². The molecule has 1 amide bonds. The fourth-order valence-electron chi connectivity index (χ4n) is 3.20. The lowest BCUT2D eigenvalue weighted by molar-refractivity contribution is 0.101. The molecule has 0 atom stereocenters. The molecule has 0 radical (unpaired) electrons. The minimum Gasteiger partial charge on any atom is -0.296 e. The van der Waals surface area contributed by atoms with Crippen LogP contribution in [0.3, 0.4) is 0 Å². The average molecular weight is 418 g/mol. The minimum absolute atomic E-state index is 0.106. The predicted octanol–water partition coefficient (Wildman–Crippen LogP) is 3.66. The molecule has 1 N–H and O–H groups in total. The third kappa shape index (κ3) is 3.77. The van der Waals surface area contributed by atoms with E-state index in [2.05, 4.69) is 15.4 Å². The van der Waals surface area contributed by atoms with Gasteiger partial charge in [-0.05, 0) is 18.6 Å². The molecule has 0 aliphatic carbocycles. The van der Waals surface area contributed by atoms with Gasteiger partial charge < -0.3 is 0 Å². The first-order valence-corrected chi connectivity index (χ1v) is 10.1. The van der Waals surface area contributed by atoms with Crippen LogP contribution in [0.15, 0.2) is 59.4 Å². The van der Waals surface area contributed by atoms with Crippen molar-refractivity contribution in [2.75, 3.05) is 5.32 Å². The number of thiazole rings is 1. The summed E-state index contributed by atoms with van der Waals surface area (Å²) < 4.78 is 1.29. The van der Waals surface area contributed by atoms with Crippen LogP contribution in [0.25, 0.3) is 10.8 Å². The Morgan fingerprint density at radius 1 is 1.03 bits per heavy atom. The maximum Gasteiger partial charge on any atom is 0.278 e. The van der Waals surface area contributed by atoms with Crippen LogP contribution in [0.2, 0.25) is 0 Å². The first kappa shape index (κ1) is 19.7. The highest BCUT2D eigenvalue weighted by Crippen LogP contribution is 2.24. The lowest BCUT2D eigenvalue weighted by Gasteiger charge is -2.10. The van der Waals surface area contributed by atoms with Crippen LogP contribution in [0, 0.1) is 6.92 Å². The highest BCUT2D eigenvalue weighted by Gasteiger charge is 2.19. The van der Waals surface area contributed by atoms with Crippen LogP contribution in [0.1, 0.15) is 38.3 Å². The van der Waals surface area contributed by atoms with E-state index < -0.39 is 5.91 Å². The Balaban J connectivity index is 1.76. The largest absolute Gasteiger partial charge is 0.296 e. The van der Waals surface area contributed by atoms with Gasteiger partial charge in [0.15, 0.2) is 16.6 Å². The summed E-state index contributed by atoms with van der Waals surface area (Å²) in [7, 11) is 0. The fourth-order valence-corrected chi connectivity index (χ4v) is 4.06. The van der Waals surface area contributed by atoms with Gasteiger partial charge in [-0.25, -0.2) is 9.67 Å². The van der Waals surface area contributed by atoms with Crippen molar-refractivity contribution in [2.45, 2.75) is 20.4 Å². The Morgan fingerprint density at radius 3 is 2.37 bits per heavy atom. The quantitative estimate of drug-likeness (QED) is 0.499. The van der Waals surface area contributed by atoms with Crippen LogP contribution >= 0.6 is 11.3 Å². The molecule has 8 heteroatoms. The number of carbonyl (C=O) groups is 2. The number of rotatable bonds is 5. The van der Waals surface area contributed by atoms with E-state index in [9.17, 15) is 14.4 Å². The molecular formula is C22H18N4O3S. The second kappa shape index (κ2) is 8.00. The second-order valence-electron chi connectivity index (χ2n) is 6.79. The number of nitrogens with one attached hydrogen (secondary N) is 1. The zero-order chi connectivity index (χ0) is 21.3. The van der Waals surface area contributed by atoms with Gasteiger partial charge in [-0.3, -0.25) is 19.7 Å². The van der Waals surface area contributed by atoms with Gasteiger partial charge in [-0.2, -0.15) is 5.10 Å². The summed E-state index contributed by atoms with van der Waals surface area (Å²) >= 11 is 1.12. The number of amides is 1. The SMILES string of the molecule is CC(=O)c1sc(NC(=O)c2nn(Cc3ccccc3)c(=O)c3ccccc23)nc1C. The number of nitrogens with zero attached hydrogens (tertiary/aromatic N) is 3. The van der Waals surface area contributed by atoms with Gasteiger partial charge in [0.1, 0.15) is 0 Å². The lowest BCUT2D eigenvalue weighted by Crippen LogP contribution is -2.28. The molecule has 0 spiro atoms. The Morgan fingerprint density at radius 2 is 1.70 bits per heavy atom. The van der Waals surface area contributed by atoms with Crippen molar-refractivity contribution in [3.8, 4) is 0 Å². The number of Topliss-reactive ketones (excluding diaryl/α,β-unsaturated/α-hetero) is 1. The Labute approximate surface area is 176 Å². The Kier molecular flexibility index (Phi) is 5.24. The third-order valence-corrected chi connectivity index (χ3v) is 5.77. The van der Waals surface area contributed by atoms with Gasteiger partial charge in [0.25, 0.3) is 11.5 Å². The zero-order valence-corrected chi connectivity index (χ0v) is 17.2. The Hall–Kier alpha value is -3.65. The van der Waals surface area contributed by atoms with E-state index in [0.717, 1.165) is 16.9 Å². The monoisotopic (exact) mass is 418 g/mol. The fraction of sp³-hybridized carbons (Fsp3) is 0.136. The topological polar surface area (TPSA) is 94.0 Å². The summed E-state index contributed by atoms with van der Waals surface area (Å²) in [6.07, 6.45) is 0. The molecule has 0 aliphatic rings. The van der Waals surface area contributed by atoms with Gasteiger partial charge in [0.2, 0.25) is 0 Å². The van der Waals surface area contributed by atoms with Crippen molar-refractivity contribution in [1.29, 1.82) is 0 Å². The standard InChI is InChI=1S/C22H18N4O3S/c1-13-19(14(2)27)30-22(23-13)24-20(28)18-16-10-6-7-11-17(16)21(29)26(25-18)12-15-8-4-3-5-9-15/h3-11H,12H2,1-2H3,(H,23,24,28). The highest BCUT2D eigenvalue weighted by molar-refractivity contribution is 7.17. The summed E-state index contributed by atoms with van der Waals surface area (Å²) in [4.78, 5) is 42.4. The molecule has 4 aromatic rings. The summed E-state index contributed by atoms with van der Waals surface area (Å²) in [6.45, 7) is 3.42. The van der Waals surface area contributed by atoms with Crippen LogP contribution in [0.5, 0.6) is 0 Å². The van der Waals surface area contributed by atoms with Gasteiger partial charge in [0, 0.05) is 12.3 Å². The smallest absolute Gasteiger partial charge is 0.278 e.